The van der Waals surface area contributed by atoms with Crippen LogP contribution in [0.5, 0.6) is 0 Å². The van der Waals surface area contributed by atoms with E-state index < -0.39 is 5.60 Å². The first-order valence-corrected chi connectivity index (χ1v) is 5.80. The van der Waals surface area contributed by atoms with Crippen molar-refractivity contribution in [2.45, 2.75) is 46.1 Å². The summed E-state index contributed by atoms with van der Waals surface area (Å²) >= 11 is 0. The average molecular weight is 227 g/mol. The zero-order valence-electron chi connectivity index (χ0n) is 10.6. The van der Waals surface area contributed by atoms with Crippen LogP contribution >= 0.6 is 0 Å². The van der Waals surface area contributed by atoms with E-state index >= 15 is 0 Å². The number of likely N-dealkylation sites (tertiary alicyclic amines) is 1. The number of ether oxygens (including phenoxy) is 1. The molecule has 0 aromatic heterocycles. The Bertz CT molecular complexity index is 280. The highest BCUT2D eigenvalue weighted by molar-refractivity contribution is 5.82. The van der Waals surface area contributed by atoms with Gasteiger partial charge in [0.05, 0.1) is 0 Å². The fraction of sp³-hybridized carbons (Fsp3) is 0.833. The predicted molar refractivity (Wildman–Crippen MR) is 61.2 cm³/mol. The Balaban J connectivity index is 2.59. The normalized spacial score (nSPS) is 22.9. The predicted octanol–water partition coefficient (Wildman–Crippen LogP) is 2.22. The smallest absolute Gasteiger partial charge is 0.410 e. The van der Waals surface area contributed by atoms with Crippen molar-refractivity contribution in [1.82, 2.24) is 4.90 Å². The fourth-order valence-corrected chi connectivity index (χ4v) is 1.71. The van der Waals surface area contributed by atoms with Crippen LogP contribution in [-0.2, 0) is 9.53 Å². The van der Waals surface area contributed by atoms with Gasteiger partial charge in [-0.1, -0.05) is 6.92 Å². The van der Waals surface area contributed by atoms with Gasteiger partial charge in [-0.05, 0) is 27.2 Å². The summed E-state index contributed by atoms with van der Waals surface area (Å²) < 4.78 is 5.29. The van der Waals surface area contributed by atoms with Crippen molar-refractivity contribution in [2.75, 3.05) is 13.1 Å². The maximum absolute atomic E-state index is 11.8. The van der Waals surface area contributed by atoms with Crippen LogP contribution in [0.1, 0.15) is 40.5 Å². The van der Waals surface area contributed by atoms with Crippen molar-refractivity contribution in [2.24, 2.45) is 5.92 Å². The summed E-state index contributed by atoms with van der Waals surface area (Å²) in [5.41, 5.74) is -0.476. The quantitative estimate of drug-likeness (QED) is 0.637. The van der Waals surface area contributed by atoms with Gasteiger partial charge < -0.3 is 9.64 Å². The molecule has 1 atom stereocenters. The second kappa shape index (κ2) is 4.85. The van der Waals surface area contributed by atoms with Crippen LogP contribution in [0, 0.1) is 5.92 Å². The molecule has 0 bridgehead atoms. The number of hydrogen-bond donors (Lipinski definition) is 0. The lowest BCUT2D eigenvalue weighted by Gasteiger charge is -2.27. The van der Waals surface area contributed by atoms with Gasteiger partial charge in [-0.15, -0.1) is 0 Å². The molecule has 4 nitrogen and oxygen atoms in total. The largest absolute Gasteiger partial charge is 0.444 e. The first-order valence-electron chi connectivity index (χ1n) is 5.80. The second-order valence-corrected chi connectivity index (χ2v) is 5.40. The molecule has 0 unspecified atom stereocenters. The van der Waals surface area contributed by atoms with Crippen LogP contribution in [0.4, 0.5) is 4.79 Å². The maximum atomic E-state index is 11.8. The molecule has 0 N–H and O–H groups in total. The Hall–Kier alpha value is -1.06. The first kappa shape index (κ1) is 13.0. The third kappa shape index (κ3) is 3.83. The summed E-state index contributed by atoms with van der Waals surface area (Å²) in [5, 5.41) is 0. The number of ketones is 1. The Kier molecular flexibility index (Phi) is 3.94. The van der Waals surface area contributed by atoms with E-state index in [1.165, 1.54) is 0 Å². The lowest BCUT2D eigenvalue weighted by molar-refractivity contribution is -0.122. The zero-order valence-corrected chi connectivity index (χ0v) is 10.6. The van der Waals surface area contributed by atoms with Crippen LogP contribution < -0.4 is 0 Å². The fourth-order valence-electron chi connectivity index (χ4n) is 1.71. The van der Waals surface area contributed by atoms with Crippen LogP contribution in [0.25, 0.3) is 0 Å². The highest BCUT2D eigenvalue weighted by Crippen LogP contribution is 2.16. The molecule has 1 amide bonds. The van der Waals surface area contributed by atoms with Gasteiger partial charge in [-0.2, -0.15) is 0 Å². The SMILES string of the molecule is C[C@@H]1CN(C(=O)OC(C)(C)C)CCCC1=O. The van der Waals surface area contributed by atoms with E-state index in [-0.39, 0.29) is 17.8 Å². The van der Waals surface area contributed by atoms with E-state index in [1.807, 2.05) is 27.7 Å². The maximum Gasteiger partial charge on any atom is 0.410 e. The molecule has 0 aromatic carbocycles. The van der Waals surface area contributed by atoms with Gasteiger partial charge in [0.25, 0.3) is 0 Å². The average Bonchev–Trinajstić information content (AvgIpc) is 2.27. The molecule has 0 spiro atoms. The number of amides is 1. The number of carbonyl (C=O) groups is 2. The minimum atomic E-state index is -0.476. The first-order chi connectivity index (χ1) is 7.29. The molecule has 1 fully saturated rings. The topological polar surface area (TPSA) is 46.6 Å². The molecule has 1 heterocycles. The Morgan fingerprint density at radius 1 is 1.44 bits per heavy atom. The van der Waals surface area contributed by atoms with Gasteiger partial charge >= 0.3 is 6.09 Å². The molecule has 4 heteroatoms. The monoisotopic (exact) mass is 227 g/mol. The molecule has 1 aliphatic heterocycles. The molecule has 0 aliphatic carbocycles. The molecular formula is C12H21NO3. The lowest BCUT2D eigenvalue weighted by atomic mass is 10.0. The van der Waals surface area contributed by atoms with Crippen molar-refractivity contribution in [3.8, 4) is 0 Å². The van der Waals surface area contributed by atoms with Gasteiger partial charge in [0.2, 0.25) is 0 Å². The summed E-state index contributed by atoms with van der Waals surface area (Å²) in [5.74, 6) is 0.168. The third-order valence-electron chi connectivity index (χ3n) is 2.55. The second-order valence-electron chi connectivity index (χ2n) is 5.40. The highest BCUT2D eigenvalue weighted by atomic mass is 16.6. The summed E-state index contributed by atoms with van der Waals surface area (Å²) in [7, 11) is 0. The Labute approximate surface area is 96.9 Å². The molecule has 0 saturated carbocycles. The summed E-state index contributed by atoms with van der Waals surface area (Å²) in [6, 6.07) is 0. The number of carbonyl (C=O) groups excluding carboxylic acids is 2. The Morgan fingerprint density at radius 3 is 2.62 bits per heavy atom. The van der Waals surface area contributed by atoms with Crippen molar-refractivity contribution in [3.05, 3.63) is 0 Å². The van der Waals surface area contributed by atoms with Crippen molar-refractivity contribution in [3.63, 3.8) is 0 Å². The minimum absolute atomic E-state index is 0.0741. The Morgan fingerprint density at radius 2 is 2.06 bits per heavy atom. The van der Waals surface area contributed by atoms with Crippen molar-refractivity contribution < 1.29 is 14.3 Å². The van der Waals surface area contributed by atoms with Gasteiger partial charge in [0.1, 0.15) is 11.4 Å². The molecule has 16 heavy (non-hydrogen) atoms. The van der Waals surface area contributed by atoms with Crippen molar-refractivity contribution in [1.29, 1.82) is 0 Å². The van der Waals surface area contributed by atoms with Crippen LogP contribution in [0.2, 0.25) is 0 Å². The molecule has 0 radical (unpaired) electrons. The number of Topliss-reactive ketones (excluding diaryl/α,β-unsaturated/α-hetero) is 1. The summed E-state index contributed by atoms with van der Waals surface area (Å²) in [6.45, 7) is 8.50. The van der Waals surface area contributed by atoms with E-state index in [2.05, 4.69) is 0 Å². The van der Waals surface area contributed by atoms with Gasteiger partial charge in [-0.3, -0.25) is 4.79 Å². The molecule has 1 rings (SSSR count). The molecule has 92 valence electrons. The molecule has 0 aromatic rings. The molecular weight excluding hydrogens is 206 g/mol. The van der Waals surface area contributed by atoms with E-state index in [0.717, 1.165) is 6.42 Å². The van der Waals surface area contributed by atoms with E-state index in [1.54, 1.807) is 4.90 Å². The standard InChI is InChI=1S/C12H21NO3/c1-9-8-13(7-5-6-10(9)14)11(15)16-12(2,3)4/h9H,5-8H2,1-4H3/t9-/m1/s1. The van der Waals surface area contributed by atoms with E-state index in [9.17, 15) is 9.59 Å². The lowest BCUT2D eigenvalue weighted by Crippen LogP contribution is -2.39. The molecule has 1 aliphatic rings. The molecule has 1 saturated heterocycles. The van der Waals surface area contributed by atoms with Gasteiger partial charge in [0, 0.05) is 25.4 Å². The summed E-state index contributed by atoms with van der Waals surface area (Å²) in [4.78, 5) is 24.9. The van der Waals surface area contributed by atoms with Crippen LogP contribution in [0.15, 0.2) is 0 Å². The third-order valence-corrected chi connectivity index (χ3v) is 2.55. The van der Waals surface area contributed by atoms with Gasteiger partial charge in [-0.25, -0.2) is 4.79 Å². The zero-order chi connectivity index (χ0) is 12.3. The minimum Gasteiger partial charge on any atom is -0.444 e. The number of hydrogen-bond acceptors (Lipinski definition) is 3. The van der Waals surface area contributed by atoms with E-state index in [0.29, 0.717) is 19.5 Å². The van der Waals surface area contributed by atoms with Crippen molar-refractivity contribution >= 4 is 11.9 Å². The van der Waals surface area contributed by atoms with Crippen LogP contribution in [-0.4, -0.2) is 35.5 Å². The highest BCUT2D eigenvalue weighted by Gasteiger charge is 2.27. The number of nitrogens with zero attached hydrogens (tertiary/aromatic N) is 1. The van der Waals surface area contributed by atoms with Gasteiger partial charge in [0.15, 0.2) is 0 Å². The van der Waals surface area contributed by atoms with E-state index in [4.69, 9.17) is 4.74 Å². The summed E-state index contributed by atoms with van der Waals surface area (Å²) in [6.07, 6.45) is 0.997. The van der Waals surface area contributed by atoms with Crippen LogP contribution in [0.3, 0.4) is 0 Å². The number of rotatable bonds is 0.